The standard InChI is InChI=1S/C44H46N8O6S/c45-42(46)35-19-17-33(18-20-35)27-49-43(55)38-21-29-9-13-31(14-10-29)25-47-40(53)23-36-7-4-8-37(50-36)24-41(54)48-26-32-15-11-30(12-16-32)22-39(44(56)51-38)52-59(57,58)28-34-5-2-1-3-6-34/h1-20,38-39,52H,21-28H2,(H3,45,46)(H,47,53)(H,48,54)(H,49,55)(H,51,56)/t38-,39+/m0/s1. The van der Waals surface area contributed by atoms with Crippen molar-refractivity contribution in [1.29, 1.82) is 5.41 Å². The van der Waals surface area contributed by atoms with Gasteiger partial charge in [0, 0.05) is 43.0 Å². The van der Waals surface area contributed by atoms with Crippen molar-refractivity contribution in [1.82, 2.24) is 31.0 Å². The van der Waals surface area contributed by atoms with Crippen molar-refractivity contribution in [3.63, 3.8) is 0 Å². The predicted octanol–water partition coefficient (Wildman–Crippen LogP) is 2.47. The second kappa shape index (κ2) is 19.6. The molecule has 5 aromatic rings. The number of sulfonamides is 1. The first-order valence-corrected chi connectivity index (χ1v) is 20.7. The van der Waals surface area contributed by atoms with Crippen LogP contribution >= 0.6 is 0 Å². The SMILES string of the molecule is N=C(N)c1ccc(CNC(=O)[C@@H]2Cc3ccc(cc3)CNC(=O)Cc3cccc(n3)CC(=O)NCc3ccc(cc3)C[C@@H](NS(=O)(=O)Cc3ccccc3)C(=O)N2)cc1. The molecule has 3 aliphatic rings. The van der Waals surface area contributed by atoms with Gasteiger partial charge in [0.25, 0.3) is 0 Å². The minimum Gasteiger partial charge on any atom is -0.384 e. The van der Waals surface area contributed by atoms with Gasteiger partial charge in [0.05, 0.1) is 18.6 Å². The molecule has 0 saturated carbocycles. The summed E-state index contributed by atoms with van der Waals surface area (Å²) in [4.78, 5) is 58.3. The van der Waals surface area contributed by atoms with E-state index >= 15 is 0 Å². The Bertz CT molecular complexity index is 2390. The summed E-state index contributed by atoms with van der Waals surface area (Å²) in [7, 11) is -4.05. The lowest BCUT2D eigenvalue weighted by molar-refractivity contribution is -0.129. The molecule has 59 heavy (non-hydrogen) atoms. The molecule has 0 spiro atoms. The third kappa shape index (κ3) is 12.9. The fourth-order valence-electron chi connectivity index (χ4n) is 6.48. The van der Waals surface area contributed by atoms with Gasteiger partial charge in [0.2, 0.25) is 33.7 Å². The van der Waals surface area contributed by atoms with Crippen LogP contribution in [-0.2, 0) is 80.3 Å². The summed E-state index contributed by atoms with van der Waals surface area (Å²) in [6.45, 7) is 0.558. The summed E-state index contributed by atoms with van der Waals surface area (Å²) >= 11 is 0. The average molecular weight is 815 g/mol. The molecule has 0 radical (unpaired) electrons. The lowest BCUT2D eigenvalue weighted by Gasteiger charge is -2.24. The molecule has 0 fully saturated rings. The maximum Gasteiger partial charge on any atom is 0.243 e. The van der Waals surface area contributed by atoms with Crippen molar-refractivity contribution in [2.45, 2.75) is 63.2 Å². The van der Waals surface area contributed by atoms with E-state index in [1.165, 1.54) is 0 Å². The van der Waals surface area contributed by atoms with Crippen molar-refractivity contribution in [3.05, 3.63) is 172 Å². The molecule has 304 valence electrons. The van der Waals surface area contributed by atoms with Gasteiger partial charge in [-0.15, -0.1) is 0 Å². The Hall–Kier alpha value is -6.71. The minimum atomic E-state index is -4.05. The van der Waals surface area contributed by atoms with Crippen molar-refractivity contribution in [2.75, 3.05) is 0 Å². The molecule has 8 N–H and O–H groups in total. The number of hydrogen-bond donors (Lipinski definition) is 7. The molecule has 8 rings (SSSR count). The molecule has 3 aliphatic heterocycles. The number of amidine groups is 1. The van der Waals surface area contributed by atoms with E-state index in [2.05, 4.69) is 31.0 Å². The number of nitrogen functional groups attached to an aromatic ring is 1. The fourth-order valence-corrected chi connectivity index (χ4v) is 7.81. The summed E-state index contributed by atoms with van der Waals surface area (Å²) in [6.07, 6.45) is 0.0822. The van der Waals surface area contributed by atoms with Crippen LogP contribution in [0.2, 0.25) is 0 Å². The van der Waals surface area contributed by atoms with E-state index in [0.717, 1.165) is 16.7 Å². The maximum absolute atomic E-state index is 14.2. The summed E-state index contributed by atoms with van der Waals surface area (Å²) in [5.41, 5.74) is 11.4. The van der Waals surface area contributed by atoms with Gasteiger partial charge in [-0.3, -0.25) is 29.6 Å². The lowest BCUT2D eigenvalue weighted by atomic mass is 10.0. The molecule has 2 atom stereocenters. The highest BCUT2D eigenvalue weighted by atomic mass is 32.2. The number of nitrogens with zero attached hydrogens (tertiary/aromatic N) is 1. The van der Waals surface area contributed by atoms with Crippen molar-refractivity contribution >= 4 is 39.5 Å². The molecule has 4 amide bonds. The van der Waals surface area contributed by atoms with Gasteiger partial charge < -0.3 is 27.0 Å². The number of aromatic nitrogens is 1. The van der Waals surface area contributed by atoms with Gasteiger partial charge in [0.1, 0.15) is 17.9 Å². The summed E-state index contributed by atoms with van der Waals surface area (Å²) in [5.74, 6) is -2.16. The van der Waals surface area contributed by atoms with Gasteiger partial charge in [-0.05, 0) is 51.9 Å². The number of carbonyl (C=O) groups is 4. The van der Waals surface area contributed by atoms with Crippen LogP contribution in [0.25, 0.3) is 0 Å². The zero-order valence-electron chi connectivity index (χ0n) is 32.2. The summed E-state index contributed by atoms with van der Waals surface area (Å²) < 4.78 is 29.7. The molecule has 14 nitrogen and oxygen atoms in total. The highest BCUT2D eigenvalue weighted by Crippen LogP contribution is 2.14. The van der Waals surface area contributed by atoms with Crippen LogP contribution in [0.1, 0.15) is 50.3 Å². The van der Waals surface area contributed by atoms with Crippen molar-refractivity contribution in [3.8, 4) is 0 Å². The molecule has 0 saturated heterocycles. The molecule has 4 aromatic carbocycles. The predicted molar refractivity (Wildman–Crippen MR) is 223 cm³/mol. The van der Waals surface area contributed by atoms with E-state index in [-0.39, 0.29) is 68.7 Å². The zero-order chi connectivity index (χ0) is 41.8. The maximum atomic E-state index is 14.2. The van der Waals surface area contributed by atoms with Gasteiger partial charge in [-0.2, -0.15) is 0 Å². The minimum absolute atomic E-state index is 0.0209. The van der Waals surface area contributed by atoms with E-state index in [9.17, 15) is 27.6 Å². The Morgan fingerprint density at radius 3 is 1.80 bits per heavy atom. The molecule has 6 bridgehead atoms. The normalized spacial score (nSPS) is 16.8. The van der Waals surface area contributed by atoms with E-state index in [0.29, 0.717) is 33.6 Å². The highest BCUT2D eigenvalue weighted by molar-refractivity contribution is 7.88. The van der Waals surface area contributed by atoms with Crippen LogP contribution in [0.3, 0.4) is 0 Å². The quantitative estimate of drug-likeness (QED) is 0.0908. The molecule has 15 heteroatoms. The van der Waals surface area contributed by atoms with Gasteiger partial charge in [-0.25, -0.2) is 13.1 Å². The van der Waals surface area contributed by atoms with Crippen LogP contribution in [-0.4, -0.2) is 54.9 Å². The first kappa shape index (κ1) is 41.9. The Kier molecular flexibility index (Phi) is 13.9. The van der Waals surface area contributed by atoms with Gasteiger partial charge >= 0.3 is 0 Å². The zero-order valence-corrected chi connectivity index (χ0v) is 33.1. The first-order valence-electron chi connectivity index (χ1n) is 19.1. The largest absolute Gasteiger partial charge is 0.384 e. The highest BCUT2D eigenvalue weighted by Gasteiger charge is 2.29. The number of pyridine rings is 1. The molecule has 0 unspecified atom stereocenters. The number of rotatable bonds is 8. The molecular formula is C44H46N8O6S. The van der Waals surface area contributed by atoms with Crippen LogP contribution in [0.5, 0.6) is 0 Å². The number of hydrogen-bond acceptors (Lipinski definition) is 8. The number of nitrogens with two attached hydrogens (primary N) is 1. The van der Waals surface area contributed by atoms with Gasteiger partial charge in [-0.1, -0.05) is 109 Å². The smallest absolute Gasteiger partial charge is 0.243 e. The molecule has 4 heterocycles. The average Bonchev–Trinajstić information content (AvgIpc) is 3.22. The second-order valence-electron chi connectivity index (χ2n) is 14.4. The van der Waals surface area contributed by atoms with E-state index < -0.39 is 33.9 Å². The van der Waals surface area contributed by atoms with E-state index in [4.69, 9.17) is 11.1 Å². The number of carbonyl (C=O) groups excluding carboxylic acids is 4. The van der Waals surface area contributed by atoms with Crippen LogP contribution in [0.15, 0.2) is 121 Å². The van der Waals surface area contributed by atoms with Crippen molar-refractivity contribution in [2.24, 2.45) is 5.73 Å². The third-order valence-corrected chi connectivity index (χ3v) is 11.0. The van der Waals surface area contributed by atoms with Crippen LogP contribution in [0.4, 0.5) is 0 Å². The Morgan fingerprint density at radius 1 is 0.695 bits per heavy atom. The first-order chi connectivity index (χ1) is 28.4. The third-order valence-electron chi connectivity index (χ3n) is 9.66. The summed E-state index contributed by atoms with van der Waals surface area (Å²) in [6, 6.07) is 32.5. The van der Waals surface area contributed by atoms with Crippen LogP contribution < -0.4 is 31.7 Å². The summed E-state index contributed by atoms with van der Waals surface area (Å²) in [5, 5.41) is 19.1. The van der Waals surface area contributed by atoms with Crippen LogP contribution in [0, 0.1) is 5.41 Å². The van der Waals surface area contributed by atoms with E-state index in [1.807, 2.05) is 12.1 Å². The number of amides is 4. The number of nitrogens with one attached hydrogen (secondary N) is 6. The number of benzene rings is 4. The Balaban J connectivity index is 1.28. The molecule has 1 aromatic heterocycles. The van der Waals surface area contributed by atoms with Crippen molar-refractivity contribution < 1.29 is 27.6 Å². The molecular weight excluding hydrogens is 769 g/mol. The Morgan fingerprint density at radius 2 is 1.24 bits per heavy atom. The lowest BCUT2D eigenvalue weighted by Crippen LogP contribution is -2.55. The monoisotopic (exact) mass is 814 g/mol. The van der Waals surface area contributed by atoms with E-state index in [1.54, 1.807) is 109 Å². The topological polar surface area (TPSA) is 225 Å². The fraction of sp³-hybridized carbons (Fsp3) is 0.227. The van der Waals surface area contributed by atoms with Gasteiger partial charge in [0.15, 0.2) is 0 Å². The Labute approximate surface area is 343 Å². The number of fused-ring (bicyclic) bond motifs is 2. The second-order valence-corrected chi connectivity index (χ2v) is 16.1. The molecule has 0 aliphatic carbocycles.